The van der Waals surface area contributed by atoms with Gasteiger partial charge in [0.1, 0.15) is 0 Å². The molecule has 1 unspecified atom stereocenters. The van der Waals surface area contributed by atoms with Gasteiger partial charge < -0.3 is 10.2 Å². The van der Waals surface area contributed by atoms with Crippen molar-refractivity contribution in [1.29, 1.82) is 0 Å². The molecular weight excluding hydrogens is 260 g/mol. The van der Waals surface area contributed by atoms with Crippen LogP contribution in [0.25, 0.3) is 0 Å². The van der Waals surface area contributed by atoms with Crippen LogP contribution in [-0.4, -0.2) is 29.9 Å². The van der Waals surface area contributed by atoms with Gasteiger partial charge in [0.15, 0.2) is 0 Å². The second kappa shape index (κ2) is 6.79. The van der Waals surface area contributed by atoms with Gasteiger partial charge in [-0.05, 0) is 63.8 Å². The summed E-state index contributed by atoms with van der Waals surface area (Å²) in [5.74, 6) is 0.140. The number of anilines is 1. The highest BCUT2D eigenvalue weighted by molar-refractivity contribution is 5.88. The number of benzene rings is 1. The van der Waals surface area contributed by atoms with E-state index < -0.39 is 0 Å². The molecule has 1 heterocycles. The van der Waals surface area contributed by atoms with Crippen LogP contribution in [-0.2, 0) is 4.79 Å². The molecule has 1 amide bonds. The maximum absolute atomic E-state index is 12.1. The van der Waals surface area contributed by atoms with Gasteiger partial charge in [0.05, 0.1) is 0 Å². The van der Waals surface area contributed by atoms with Crippen molar-refractivity contribution in [3.63, 3.8) is 0 Å². The van der Waals surface area contributed by atoms with Gasteiger partial charge in [-0.3, -0.25) is 4.79 Å². The van der Waals surface area contributed by atoms with Crippen molar-refractivity contribution < 1.29 is 4.79 Å². The SMILES string of the molecule is CC(C)=CC(=O)N1CCCC(Nc2ccc(C)c(C)c2)C1. The predicted octanol–water partition coefficient (Wildman–Crippen LogP) is 3.67. The van der Waals surface area contributed by atoms with Crippen LogP contribution in [0.4, 0.5) is 5.69 Å². The summed E-state index contributed by atoms with van der Waals surface area (Å²) in [6.45, 7) is 9.84. The van der Waals surface area contributed by atoms with E-state index in [4.69, 9.17) is 0 Å². The minimum atomic E-state index is 0.140. The second-order valence-corrected chi connectivity index (χ2v) is 6.29. The Morgan fingerprint density at radius 3 is 2.71 bits per heavy atom. The minimum Gasteiger partial charge on any atom is -0.381 e. The highest BCUT2D eigenvalue weighted by atomic mass is 16.2. The molecule has 1 aliphatic heterocycles. The Balaban J connectivity index is 1.99. The van der Waals surface area contributed by atoms with Gasteiger partial charge in [0.25, 0.3) is 0 Å². The third-order valence-electron chi connectivity index (χ3n) is 4.02. The fourth-order valence-electron chi connectivity index (χ4n) is 2.70. The van der Waals surface area contributed by atoms with Crippen LogP contribution < -0.4 is 5.32 Å². The van der Waals surface area contributed by atoms with Gasteiger partial charge in [-0.2, -0.15) is 0 Å². The first-order valence-electron chi connectivity index (χ1n) is 7.73. The average molecular weight is 286 g/mol. The fourth-order valence-corrected chi connectivity index (χ4v) is 2.70. The molecule has 0 aromatic heterocycles. The molecule has 3 heteroatoms. The van der Waals surface area contributed by atoms with E-state index in [2.05, 4.69) is 37.4 Å². The normalized spacial score (nSPS) is 18.3. The Hall–Kier alpha value is -1.77. The van der Waals surface area contributed by atoms with E-state index in [-0.39, 0.29) is 5.91 Å². The van der Waals surface area contributed by atoms with Gasteiger partial charge in [-0.1, -0.05) is 11.6 Å². The molecule has 0 saturated carbocycles. The van der Waals surface area contributed by atoms with Crippen LogP contribution in [0.3, 0.4) is 0 Å². The summed E-state index contributed by atoms with van der Waals surface area (Å²) in [7, 11) is 0. The summed E-state index contributed by atoms with van der Waals surface area (Å²) in [6, 6.07) is 6.80. The lowest BCUT2D eigenvalue weighted by molar-refractivity contribution is -0.127. The van der Waals surface area contributed by atoms with Crippen LogP contribution in [0.5, 0.6) is 0 Å². The lowest BCUT2D eigenvalue weighted by Gasteiger charge is -2.33. The first-order chi connectivity index (χ1) is 9.95. The van der Waals surface area contributed by atoms with Crippen molar-refractivity contribution in [1.82, 2.24) is 4.90 Å². The molecular formula is C18H26N2O. The number of piperidine rings is 1. The molecule has 1 aromatic rings. The zero-order valence-corrected chi connectivity index (χ0v) is 13.6. The highest BCUT2D eigenvalue weighted by Gasteiger charge is 2.22. The summed E-state index contributed by atoms with van der Waals surface area (Å²) in [4.78, 5) is 14.1. The van der Waals surface area contributed by atoms with Crippen molar-refractivity contribution in [2.75, 3.05) is 18.4 Å². The molecule has 1 atom stereocenters. The maximum Gasteiger partial charge on any atom is 0.246 e. The summed E-state index contributed by atoms with van der Waals surface area (Å²) in [5.41, 5.74) is 4.82. The fraction of sp³-hybridized carbons (Fsp3) is 0.500. The van der Waals surface area contributed by atoms with Crippen molar-refractivity contribution in [2.24, 2.45) is 0 Å². The number of nitrogens with zero attached hydrogens (tertiary/aromatic N) is 1. The van der Waals surface area contributed by atoms with E-state index in [1.165, 1.54) is 11.1 Å². The zero-order chi connectivity index (χ0) is 15.4. The van der Waals surface area contributed by atoms with Crippen LogP contribution in [0, 0.1) is 13.8 Å². The number of hydrogen-bond acceptors (Lipinski definition) is 2. The predicted molar refractivity (Wildman–Crippen MR) is 88.6 cm³/mol. The van der Waals surface area contributed by atoms with Crippen LogP contribution >= 0.6 is 0 Å². The monoisotopic (exact) mass is 286 g/mol. The number of likely N-dealkylation sites (tertiary alicyclic amines) is 1. The van der Waals surface area contributed by atoms with Gasteiger partial charge in [0, 0.05) is 30.9 Å². The van der Waals surface area contributed by atoms with Crippen molar-refractivity contribution in [2.45, 2.75) is 46.6 Å². The molecule has 2 rings (SSSR count). The second-order valence-electron chi connectivity index (χ2n) is 6.29. The number of nitrogens with one attached hydrogen (secondary N) is 1. The molecule has 1 aromatic carbocycles. The van der Waals surface area contributed by atoms with Crippen molar-refractivity contribution >= 4 is 11.6 Å². The Morgan fingerprint density at radius 2 is 2.05 bits per heavy atom. The average Bonchev–Trinajstić information content (AvgIpc) is 2.42. The molecule has 1 fully saturated rings. The molecule has 0 aliphatic carbocycles. The van der Waals surface area contributed by atoms with Crippen LogP contribution in [0.2, 0.25) is 0 Å². The van der Waals surface area contributed by atoms with Gasteiger partial charge in [-0.25, -0.2) is 0 Å². The lowest BCUT2D eigenvalue weighted by Crippen LogP contribution is -2.44. The van der Waals surface area contributed by atoms with E-state index >= 15 is 0 Å². The number of carbonyl (C=O) groups is 1. The lowest BCUT2D eigenvalue weighted by atomic mass is 10.0. The van der Waals surface area contributed by atoms with Gasteiger partial charge >= 0.3 is 0 Å². The van der Waals surface area contributed by atoms with E-state index in [0.29, 0.717) is 6.04 Å². The summed E-state index contributed by atoms with van der Waals surface area (Å²) in [5, 5.41) is 3.57. The molecule has 0 spiro atoms. The minimum absolute atomic E-state index is 0.140. The number of carbonyl (C=O) groups excluding carboxylic acids is 1. The third kappa shape index (κ3) is 4.35. The number of aryl methyl sites for hydroxylation is 2. The van der Waals surface area contributed by atoms with Gasteiger partial charge in [0.2, 0.25) is 5.91 Å². The quantitative estimate of drug-likeness (QED) is 0.860. The summed E-state index contributed by atoms with van der Waals surface area (Å²) in [6.07, 6.45) is 3.91. The topological polar surface area (TPSA) is 32.3 Å². The summed E-state index contributed by atoms with van der Waals surface area (Å²) < 4.78 is 0. The Kier molecular flexibility index (Phi) is 5.05. The van der Waals surface area contributed by atoms with E-state index in [9.17, 15) is 4.79 Å². The molecule has 1 N–H and O–H groups in total. The molecule has 114 valence electrons. The third-order valence-corrected chi connectivity index (χ3v) is 4.02. The van der Waals surface area contributed by atoms with Gasteiger partial charge in [-0.15, -0.1) is 0 Å². The summed E-state index contributed by atoms with van der Waals surface area (Å²) >= 11 is 0. The van der Waals surface area contributed by atoms with Crippen LogP contribution in [0.1, 0.15) is 37.8 Å². The first kappa shape index (κ1) is 15.6. The molecule has 0 radical (unpaired) electrons. The maximum atomic E-state index is 12.1. The zero-order valence-electron chi connectivity index (χ0n) is 13.6. The highest BCUT2D eigenvalue weighted by Crippen LogP contribution is 2.19. The molecule has 3 nitrogen and oxygen atoms in total. The Morgan fingerprint density at radius 1 is 1.29 bits per heavy atom. The Labute approximate surface area is 128 Å². The standard InChI is InChI=1S/C18H26N2O/c1-13(2)10-18(21)20-9-5-6-17(12-20)19-16-8-7-14(3)15(4)11-16/h7-8,10-11,17,19H,5-6,9,12H2,1-4H3. The van der Waals surface area contributed by atoms with Crippen molar-refractivity contribution in [3.05, 3.63) is 41.0 Å². The number of rotatable bonds is 3. The largest absolute Gasteiger partial charge is 0.381 e. The molecule has 21 heavy (non-hydrogen) atoms. The number of hydrogen-bond donors (Lipinski definition) is 1. The molecule has 0 bridgehead atoms. The number of allylic oxidation sites excluding steroid dienone is 1. The molecule has 1 saturated heterocycles. The van der Waals surface area contributed by atoms with Crippen LogP contribution in [0.15, 0.2) is 29.8 Å². The van der Waals surface area contributed by atoms with E-state index in [1.807, 2.05) is 18.7 Å². The molecule has 1 aliphatic rings. The number of amides is 1. The smallest absolute Gasteiger partial charge is 0.246 e. The Bertz CT molecular complexity index is 544. The van der Waals surface area contributed by atoms with E-state index in [1.54, 1.807) is 6.08 Å². The van der Waals surface area contributed by atoms with E-state index in [0.717, 1.165) is 37.2 Å². The van der Waals surface area contributed by atoms with Crippen molar-refractivity contribution in [3.8, 4) is 0 Å². The first-order valence-corrected chi connectivity index (χ1v) is 7.73.